The first kappa shape index (κ1) is 15.8. The highest BCUT2D eigenvalue weighted by atomic mass is 16.5. The highest BCUT2D eigenvalue weighted by molar-refractivity contribution is 6.02. The normalized spacial score (nSPS) is 10.4. The maximum atomic E-state index is 12.2. The van der Waals surface area contributed by atoms with Crippen LogP contribution in [0.3, 0.4) is 0 Å². The molecule has 0 aliphatic heterocycles. The number of carbonyl (C=O) groups excluding carboxylic acids is 1. The summed E-state index contributed by atoms with van der Waals surface area (Å²) in [4.78, 5) is 12.2. The van der Waals surface area contributed by atoms with E-state index < -0.39 is 0 Å². The number of para-hydroxylation sites is 1. The van der Waals surface area contributed by atoms with E-state index in [1.54, 1.807) is 16.9 Å². The van der Waals surface area contributed by atoms with Crippen LogP contribution >= 0.6 is 0 Å². The number of aryl methyl sites for hydroxylation is 2. The minimum absolute atomic E-state index is 0.244. The summed E-state index contributed by atoms with van der Waals surface area (Å²) in [6.07, 6.45) is 1.72. The molecule has 3 aromatic rings. The monoisotopic (exact) mass is 321 g/mol. The largest absolute Gasteiger partial charge is 0.471 e. The van der Waals surface area contributed by atoms with Crippen LogP contribution in [-0.4, -0.2) is 15.7 Å². The van der Waals surface area contributed by atoms with Gasteiger partial charge in [0.15, 0.2) is 12.4 Å². The summed E-state index contributed by atoms with van der Waals surface area (Å²) in [5.74, 6) is 0.546. The summed E-state index contributed by atoms with van der Waals surface area (Å²) in [7, 11) is 0. The maximum absolute atomic E-state index is 12.2. The molecule has 0 atom stereocenters. The topological polar surface area (TPSA) is 56.1 Å². The molecule has 0 spiro atoms. The zero-order valence-electron chi connectivity index (χ0n) is 13.7. The number of hydrogen-bond acceptors (Lipinski definition) is 3. The molecule has 2 aromatic carbocycles. The molecular formula is C19H19N3O2. The third-order valence-corrected chi connectivity index (χ3v) is 3.46. The van der Waals surface area contributed by atoms with Gasteiger partial charge in [0.25, 0.3) is 5.91 Å². The standard InChI is InChI=1S/C19H19N3O2/c1-14-10-15(2)12-17(11-14)24-13-22-9-8-18(21-22)19(23)20-16-6-4-3-5-7-16/h3-12H,13H2,1-2H3,(H,20,23). The van der Waals surface area contributed by atoms with Crippen LogP contribution in [-0.2, 0) is 6.73 Å². The number of nitrogens with zero attached hydrogens (tertiary/aromatic N) is 2. The Hall–Kier alpha value is -3.08. The number of amides is 1. The molecule has 0 bridgehead atoms. The van der Waals surface area contributed by atoms with Crippen LogP contribution < -0.4 is 10.1 Å². The average molecular weight is 321 g/mol. The molecular weight excluding hydrogens is 302 g/mol. The summed E-state index contributed by atoms with van der Waals surface area (Å²) < 4.78 is 7.33. The fourth-order valence-electron chi connectivity index (χ4n) is 2.43. The second-order valence-electron chi connectivity index (χ2n) is 5.66. The lowest BCUT2D eigenvalue weighted by Gasteiger charge is -2.08. The molecule has 0 fully saturated rings. The number of nitrogens with one attached hydrogen (secondary N) is 1. The highest BCUT2D eigenvalue weighted by Crippen LogP contribution is 2.16. The summed E-state index contributed by atoms with van der Waals surface area (Å²) in [6, 6.07) is 17.0. The number of rotatable bonds is 5. The van der Waals surface area contributed by atoms with Gasteiger partial charge in [-0.15, -0.1) is 0 Å². The average Bonchev–Trinajstić information content (AvgIpc) is 3.02. The summed E-state index contributed by atoms with van der Waals surface area (Å²) in [5, 5.41) is 7.05. The minimum Gasteiger partial charge on any atom is -0.471 e. The summed E-state index contributed by atoms with van der Waals surface area (Å²) in [5.41, 5.74) is 3.38. The molecule has 24 heavy (non-hydrogen) atoms. The first-order valence-electron chi connectivity index (χ1n) is 7.71. The van der Waals surface area contributed by atoms with Gasteiger partial charge in [-0.1, -0.05) is 24.3 Å². The van der Waals surface area contributed by atoms with E-state index in [-0.39, 0.29) is 12.6 Å². The Bertz CT molecular complexity index is 821. The van der Waals surface area contributed by atoms with Crippen molar-refractivity contribution in [3.63, 3.8) is 0 Å². The van der Waals surface area contributed by atoms with Crippen molar-refractivity contribution in [1.29, 1.82) is 0 Å². The van der Waals surface area contributed by atoms with Crippen molar-refractivity contribution in [3.05, 3.63) is 77.6 Å². The van der Waals surface area contributed by atoms with Gasteiger partial charge in [0.1, 0.15) is 5.75 Å². The van der Waals surface area contributed by atoms with Gasteiger partial charge in [-0.3, -0.25) is 4.79 Å². The number of aromatic nitrogens is 2. The Morgan fingerprint density at radius 1 is 1.08 bits per heavy atom. The van der Waals surface area contributed by atoms with E-state index in [0.717, 1.165) is 22.6 Å². The molecule has 0 saturated carbocycles. The van der Waals surface area contributed by atoms with E-state index in [9.17, 15) is 4.79 Å². The maximum Gasteiger partial charge on any atom is 0.276 e. The molecule has 1 amide bonds. The molecule has 0 saturated heterocycles. The van der Waals surface area contributed by atoms with Gasteiger partial charge >= 0.3 is 0 Å². The van der Waals surface area contributed by atoms with E-state index in [0.29, 0.717) is 5.69 Å². The van der Waals surface area contributed by atoms with Crippen LogP contribution in [0, 0.1) is 13.8 Å². The fourth-order valence-corrected chi connectivity index (χ4v) is 2.43. The van der Waals surface area contributed by atoms with Crippen molar-refractivity contribution in [2.24, 2.45) is 0 Å². The van der Waals surface area contributed by atoms with Crippen LogP contribution in [0.25, 0.3) is 0 Å². The number of anilines is 1. The van der Waals surface area contributed by atoms with E-state index in [4.69, 9.17) is 4.74 Å². The predicted molar refractivity (Wildman–Crippen MR) is 93.2 cm³/mol. The zero-order valence-corrected chi connectivity index (χ0v) is 13.7. The number of hydrogen-bond donors (Lipinski definition) is 1. The lowest BCUT2D eigenvalue weighted by molar-refractivity contribution is 0.102. The van der Waals surface area contributed by atoms with Crippen LogP contribution in [0.5, 0.6) is 5.75 Å². The third-order valence-electron chi connectivity index (χ3n) is 3.46. The molecule has 1 aromatic heterocycles. The van der Waals surface area contributed by atoms with Crippen molar-refractivity contribution < 1.29 is 9.53 Å². The molecule has 1 N–H and O–H groups in total. The van der Waals surface area contributed by atoms with Crippen molar-refractivity contribution in [2.75, 3.05) is 5.32 Å². The predicted octanol–water partition coefficient (Wildman–Crippen LogP) is 3.79. The van der Waals surface area contributed by atoms with Crippen molar-refractivity contribution in [1.82, 2.24) is 9.78 Å². The van der Waals surface area contributed by atoms with Crippen molar-refractivity contribution in [2.45, 2.75) is 20.6 Å². The highest BCUT2D eigenvalue weighted by Gasteiger charge is 2.10. The Morgan fingerprint density at radius 3 is 2.50 bits per heavy atom. The van der Waals surface area contributed by atoms with Gasteiger partial charge < -0.3 is 10.1 Å². The van der Waals surface area contributed by atoms with Crippen molar-refractivity contribution in [3.8, 4) is 5.75 Å². The lowest BCUT2D eigenvalue weighted by atomic mass is 10.1. The van der Waals surface area contributed by atoms with Crippen LogP contribution in [0.4, 0.5) is 5.69 Å². The minimum atomic E-state index is -0.244. The lowest BCUT2D eigenvalue weighted by Crippen LogP contribution is -2.14. The van der Waals surface area contributed by atoms with Gasteiger partial charge in [-0.25, -0.2) is 4.68 Å². The van der Waals surface area contributed by atoms with Gasteiger partial charge in [0.2, 0.25) is 0 Å². The first-order valence-corrected chi connectivity index (χ1v) is 7.71. The molecule has 3 rings (SSSR count). The van der Waals surface area contributed by atoms with E-state index in [1.165, 1.54) is 0 Å². The Kier molecular flexibility index (Phi) is 4.61. The Balaban J connectivity index is 1.62. The van der Waals surface area contributed by atoms with E-state index >= 15 is 0 Å². The van der Waals surface area contributed by atoms with Crippen LogP contribution in [0.15, 0.2) is 60.8 Å². The summed E-state index contributed by atoms with van der Waals surface area (Å²) in [6.45, 7) is 4.31. The van der Waals surface area contributed by atoms with Gasteiger partial charge in [0.05, 0.1) is 0 Å². The molecule has 1 heterocycles. The Labute approximate surface area is 140 Å². The Morgan fingerprint density at radius 2 is 1.79 bits per heavy atom. The second-order valence-corrected chi connectivity index (χ2v) is 5.66. The number of benzene rings is 2. The zero-order chi connectivity index (χ0) is 16.9. The van der Waals surface area contributed by atoms with Gasteiger partial charge in [-0.2, -0.15) is 5.10 Å². The smallest absolute Gasteiger partial charge is 0.276 e. The van der Waals surface area contributed by atoms with Crippen LogP contribution in [0.1, 0.15) is 21.6 Å². The van der Waals surface area contributed by atoms with E-state index in [2.05, 4.69) is 16.5 Å². The quantitative estimate of drug-likeness (QED) is 0.778. The molecule has 0 radical (unpaired) electrons. The van der Waals surface area contributed by atoms with E-state index in [1.807, 2.05) is 56.3 Å². The SMILES string of the molecule is Cc1cc(C)cc(OCn2ccc(C(=O)Nc3ccccc3)n2)c1. The number of ether oxygens (including phenoxy) is 1. The molecule has 0 aliphatic rings. The first-order chi connectivity index (χ1) is 11.6. The molecule has 122 valence electrons. The van der Waals surface area contributed by atoms with Gasteiger partial charge in [0, 0.05) is 11.9 Å². The summed E-state index contributed by atoms with van der Waals surface area (Å²) >= 11 is 0. The number of carbonyl (C=O) groups is 1. The van der Waals surface area contributed by atoms with Crippen molar-refractivity contribution >= 4 is 11.6 Å². The van der Waals surface area contributed by atoms with Crippen LogP contribution in [0.2, 0.25) is 0 Å². The fraction of sp³-hybridized carbons (Fsp3) is 0.158. The molecule has 0 unspecified atom stereocenters. The third kappa shape index (κ3) is 4.01. The van der Waals surface area contributed by atoms with Gasteiger partial charge in [-0.05, 0) is 55.3 Å². The molecule has 5 heteroatoms. The second kappa shape index (κ2) is 7.00. The molecule has 5 nitrogen and oxygen atoms in total. The molecule has 0 aliphatic carbocycles.